The minimum atomic E-state index is 0.177. The Kier molecular flexibility index (Phi) is 7.47. The molecule has 3 heterocycles. The standard InChI is InChI=1S/C31H36N6O/c1-4-6-7-8-28(38)37-14-13-36(19-27(37)21-9-10-21)31-26(17-33)20(3)29(30(35-31)22-11-12-22)25-15-24(5-2)34-18-23(25)16-32/h5,15,18,21-22,27H,2,4,6-14,19H2,1,3H3. The van der Waals surface area contributed by atoms with E-state index in [4.69, 9.17) is 4.98 Å². The van der Waals surface area contributed by atoms with E-state index in [1.165, 1.54) is 0 Å². The molecule has 1 aliphatic heterocycles. The van der Waals surface area contributed by atoms with Crippen molar-refractivity contribution < 1.29 is 4.79 Å². The fraction of sp³-hybridized carbons (Fsp3) is 0.516. The summed E-state index contributed by atoms with van der Waals surface area (Å²) in [4.78, 5) is 27.0. The average Bonchev–Trinajstić information content (AvgIpc) is 3.85. The molecule has 1 unspecified atom stereocenters. The van der Waals surface area contributed by atoms with Gasteiger partial charge >= 0.3 is 0 Å². The van der Waals surface area contributed by atoms with E-state index in [-0.39, 0.29) is 11.9 Å². The van der Waals surface area contributed by atoms with Gasteiger partial charge in [0.15, 0.2) is 0 Å². The molecule has 38 heavy (non-hydrogen) atoms. The number of unbranched alkanes of at least 4 members (excludes halogenated alkanes) is 2. The highest BCUT2D eigenvalue weighted by Gasteiger charge is 2.42. The third-order valence-corrected chi connectivity index (χ3v) is 8.25. The predicted molar refractivity (Wildman–Crippen MR) is 148 cm³/mol. The number of nitriles is 2. The van der Waals surface area contributed by atoms with Gasteiger partial charge in [-0.1, -0.05) is 26.3 Å². The van der Waals surface area contributed by atoms with Gasteiger partial charge < -0.3 is 9.80 Å². The number of piperazine rings is 1. The van der Waals surface area contributed by atoms with Crippen LogP contribution in [0.2, 0.25) is 0 Å². The number of hydrogen-bond donors (Lipinski definition) is 0. The second kappa shape index (κ2) is 11.0. The van der Waals surface area contributed by atoms with E-state index >= 15 is 0 Å². The predicted octanol–water partition coefficient (Wildman–Crippen LogP) is 5.72. The molecule has 196 valence electrons. The van der Waals surface area contributed by atoms with Crippen molar-refractivity contribution >= 4 is 17.8 Å². The second-order valence-corrected chi connectivity index (χ2v) is 10.9. The highest BCUT2D eigenvalue weighted by atomic mass is 16.2. The van der Waals surface area contributed by atoms with E-state index in [1.54, 1.807) is 12.3 Å². The minimum Gasteiger partial charge on any atom is -0.352 e. The zero-order valence-electron chi connectivity index (χ0n) is 22.5. The first-order chi connectivity index (χ1) is 18.5. The molecule has 2 saturated carbocycles. The van der Waals surface area contributed by atoms with Gasteiger partial charge in [0.05, 0.1) is 28.6 Å². The van der Waals surface area contributed by atoms with Crippen molar-refractivity contribution in [3.63, 3.8) is 0 Å². The van der Waals surface area contributed by atoms with E-state index in [0.29, 0.717) is 54.7 Å². The lowest BCUT2D eigenvalue weighted by molar-refractivity contribution is -0.134. The van der Waals surface area contributed by atoms with Gasteiger partial charge in [0.1, 0.15) is 18.0 Å². The highest BCUT2D eigenvalue weighted by molar-refractivity contribution is 5.81. The van der Waals surface area contributed by atoms with E-state index in [2.05, 4.69) is 40.4 Å². The van der Waals surface area contributed by atoms with Gasteiger partial charge in [0.25, 0.3) is 0 Å². The molecular formula is C31H36N6O. The summed E-state index contributed by atoms with van der Waals surface area (Å²) in [6, 6.07) is 6.79. The van der Waals surface area contributed by atoms with Crippen LogP contribution in [0.5, 0.6) is 0 Å². The Morgan fingerprint density at radius 2 is 1.97 bits per heavy atom. The Bertz CT molecular complexity index is 1330. The van der Waals surface area contributed by atoms with E-state index in [0.717, 1.165) is 73.1 Å². The van der Waals surface area contributed by atoms with Crippen molar-refractivity contribution in [2.24, 2.45) is 5.92 Å². The summed E-state index contributed by atoms with van der Waals surface area (Å²) in [5.41, 5.74) is 5.21. The lowest BCUT2D eigenvalue weighted by Gasteiger charge is -2.43. The van der Waals surface area contributed by atoms with Crippen LogP contribution in [-0.2, 0) is 4.79 Å². The van der Waals surface area contributed by atoms with E-state index < -0.39 is 0 Å². The van der Waals surface area contributed by atoms with Gasteiger partial charge in [0.2, 0.25) is 5.91 Å². The molecule has 1 saturated heterocycles. The number of nitrogens with zero attached hydrogens (tertiary/aromatic N) is 6. The topological polar surface area (TPSA) is 96.9 Å². The molecule has 5 rings (SSSR count). The molecule has 0 bridgehead atoms. The van der Waals surface area contributed by atoms with Crippen molar-refractivity contribution in [1.82, 2.24) is 14.9 Å². The largest absolute Gasteiger partial charge is 0.352 e. The van der Waals surface area contributed by atoms with Crippen LogP contribution in [0.1, 0.15) is 92.3 Å². The van der Waals surface area contributed by atoms with E-state index in [9.17, 15) is 15.3 Å². The number of rotatable bonds is 9. The number of aromatic nitrogens is 2. The molecule has 3 aliphatic rings. The smallest absolute Gasteiger partial charge is 0.222 e. The Labute approximate surface area is 225 Å². The molecule has 1 amide bonds. The third kappa shape index (κ3) is 5.03. The maximum Gasteiger partial charge on any atom is 0.222 e. The number of hydrogen-bond acceptors (Lipinski definition) is 6. The molecule has 7 nitrogen and oxygen atoms in total. The van der Waals surface area contributed by atoms with Crippen LogP contribution in [0.3, 0.4) is 0 Å². The fourth-order valence-electron chi connectivity index (χ4n) is 5.81. The first kappa shape index (κ1) is 25.9. The zero-order valence-corrected chi connectivity index (χ0v) is 22.5. The van der Waals surface area contributed by atoms with Crippen LogP contribution in [0.4, 0.5) is 5.82 Å². The van der Waals surface area contributed by atoms with Gasteiger partial charge in [0, 0.05) is 49.3 Å². The van der Waals surface area contributed by atoms with Crippen LogP contribution in [0, 0.1) is 35.5 Å². The molecule has 0 radical (unpaired) electrons. The molecule has 3 fully saturated rings. The number of carbonyl (C=O) groups is 1. The number of pyridine rings is 2. The van der Waals surface area contributed by atoms with Crippen LogP contribution in [0.25, 0.3) is 17.2 Å². The Hall–Kier alpha value is -3.71. The van der Waals surface area contributed by atoms with Crippen LogP contribution in [-0.4, -0.2) is 46.5 Å². The summed E-state index contributed by atoms with van der Waals surface area (Å²) in [7, 11) is 0. The summed E-state index contributed by atoms with van der Waals surface area (Å²) >= 11 is 0. The Morgan fingerprint density at radius 1 is 1.18 bits per heavy atom. The van der Waals surface area contributed by atoms with Crippen molar-refractivity contribution in [3.8, 4) is 23.3 Å². The molecule has 0 aromatic carbocycles. The highest BCUT2D eigenvalue weighted by Crippen LogP contribution is 2.47. The molecule has 0 spiro atoms. The van der Waals surface area contributed by atoms with Gasteiger partial charge in [-0.2, -0.15) is 10.5 Å². The number of amides is 1. The van der Waals surface area contributed by atoms with E-state index in [1.807, 2.05) is 13.0 Å². The average molecular weight is 509 g/mol. The maximum atomic E-state index is 13.1. The Balaban J connectivity index is 1.52. The normalized spacial score (nSPS) is 19.1. The number of anilines is 1. The second-order valence-electron chi connectivity index (χ2n) is 10.9. The summed E-state index contributed by atoms with van der Waals surface area (Å²) in [6.07, 6.45) is 11.4. The molecule has 1 atom stereocenters. The summed E-state index contributed by atoms with van der Waals surface area (Å²) < 4.78 is 0. The lowest BCUT2D eigenvalue weighted by Crippen LogP contribution is -2.56. The third-order valence-electron chi connectivity index (χ3n) is 8.25. The van der Waals surface area contributed by atoms with Crippen LogP contribution in [0.15, 0.2) is 18.8 Å². The summed E-state index contributed by atoms with van der Waals surface area (Å²) in [5.74, 6) is 1.86. The molecule has 2 aromatic rings. The quantitative estimate of drug-likeness (QED) is 0.402. The van der Waals surface area contributed by atoms with Crippen LogP contribution >= 0.6 is 0 Å². The van der Waals surface area contributed by atoms with Gasteiger partial charge in [-0.15, -0.1) is 0 Å². The lowest BCUT2D eigenvalue weighted by atomic mass is 9.91. The molecule has 0 N–H and O–H groups in total. The van der Waals surface area contributed by atoms with Gasteiger partial charge in [-0.05, 0) is 62.7 Å². The van der Waals surface area contributed by atoms with Gasteiger partial charge in [-0.3, -0.25) is 9.78 Å². The van der Waals surface area contributed by atoms with Crippen LogP contribution < -0.4 is 4.90 Å². The fourth-order valence-corrected chi connectivity index (χ4v) is 5.81. The first-order valence-corrected chi connectivity index (χ1v) is 14.0. The van der Waals surface area contributed by atoms with Crippen molar-refractivity contribution in [2.45, 2.75) is 77.2 Å². The van der Waals surface area contributed by atoms with Crippen molar-refractivity contribution in [2.75, 3.05) is 24.5 Å². The van der Waals surface area contributed by atoms with Crippen molar-refractivity contribution in [1.29, 1.82) is 10.5 Å². The SMILES string of the molecule is C=Cc1cc(-c2c(C3CC3)nc(N3CCN(C(=O)CCCCC)C(C4CC4)C3)c(C#N)c2C)c(C#N)cn1. The first-order valence-electron chi connectivity index (χ1n) is 14.0. The molecule has 2 aliphatic carbocycles. The monoisotopic (exact) mass is 508 g/mol. The maximum absolute atomic E-state index is 13.1. The zero-order chi connectivity index (χ0) is 26.8. The molecular weight excluding hydrogens is 472 g/mol. The molecule has 2 aromatic heterocycles. The summed E-state index contributed by atoms with van der Waals surface area (Å²) in [6.45, 7) is 10.0. The van der Waals surface area contributed by atoms with Gasteiger partial charge in [-0.25, -0.2) is 4.98 Å². The Morgan fingerprint density at radius 3 is 2.61 bits per heavy atom. The minimum absolute atomic E-state index is 0.177. The molecule has 7 heteroatoms. The number of carbonyl (C=O) groups excluding carboxylic acids is 1. The van der Waals surface area contributed by atoms with Crippen molar-refractivity contribution in [3.05, 3.63) is 46.9 Å². The summed E-state index contributed by atoms with van der Waals surface area (Å²) in [5, 5.41) is 20.2.